The molecule has 0 radical (unpaired) electrons. The zero-order chi connectivity index (χ0) is 15.1. The molecule has 0 aliphatic carbocycles. The Balaban J connectivity index is 1.83. The van der Waals surface area contributed by atoms with Crippen LogP contribution in [0.3, 0.4) is 0 Å². The van der Waals surface area contributed by atoms with Crippen molar-refractivity contribution in [2.75, 3.05) is 24.6 Å². The van der Waals surface area contributed by atoms with E-state index in [9.17, 15) is 9.00 Å². The molecule has 1 N–H and O–H groups in total. The highest BCUT2D eigenvalue weighted by Gasteiger charge is 2.30. The fourth-order valence-corrected chi connectivity index (χ4v) is 3.30. The summed E-state index contributed by atoms with van der Waals surface area (Å²) >= 11 is 0. The van der Waals surface area contributed by atoms with Crippen LogP contribution in [0.1, 0.15) is 25.3 Å². The molecule has 1 aromatic carbocycles. The van der Waals surface area contributed by atoms with Gasteiger partial charge in [-0.3, -0.25) is 13.9 Å². The third kappa shape index (κ3) is 4.93. The van der Waals surface area contributed by atoms with Crippen LogP contribution in [0, 0.1) is 0 Å². The number of amides is 1. The summed E-state index contributed by atoms with van der Waals surface area (Å²) in [5, 5.41) is 2.93. The fourth-order valence-electron chi connectivity index (χ4n) is 2.68. The summed E-state index contributed by atoms with van der Waals surface area (Å²) in [6, 6.07) is 10.2. The van der Waals surface area contributed by atoms with Crippen molar-refractivity contribution in [1.82, 2.24) is 10.2 Å². The van der Waals surface area contributed by atoms with Crippen LogP contribution in [0.4, 0.5) is 0 Å². The van der Waals surface area contributed by atoms with Crippen molar-refractivity contribution in [3.05, 3.63) is 35.9 Å². The van der Waals surface area contributed by atoms with Gasteiger partial charge in [0.15, 0.2) is 0 Å². The molecule has 1 aliphatic heterocycles. The molecule has 0 saturated carbocycles. The summed E-state index contributed by atoms with van der Waals surface area (Å²) in [5.74, 6) is 1.28. The lowest BCUT2D eigenvalue weighted by atomic mass is 10.1. The maximum absolute atomic E-state index is 12.3. The monoisotopic (exact) mass is 308 g/mol. The Bertz CT molecular complexity index is 478. The minimum atomic E-state index is -0.813. The van der Waals surface area contributed by atoms with Crippen molar-refractivity contribution in [3.8, 4) is 0 Å². The van der Waals surface area contributed by atoms with Crippen LogP contribution >= 0.6 is 0 Å². The van der Waals surface area contributed by atoms with Crippen molar-refractivity contribution in [2.24, 2.45) is 0 Å². The van der Waals surface area contributed by atoms with E-state index < -0.39 is 10.8 Å². The quantitative estimate of drug-likeness (QED) is 0.831. The lowest BCUT2D eigenvalue weighted by Crippen LogP contribution is -2.43. The van der Waals surface area contributed by atoms with E-state index in [1.165, 1.54) is 5.56 Å². The maximum atomic E-state index is 12.3. The van der Waals surface area contributed by atoms with Crippen molar-refractivity contribution < 1.29 is 9.00 Å². The number of nitrogens with zero attached hydrogens (tertiary/aromatic N) is 1. The second-order valence-electron chi connectivity index (χ2n) is 5.34. The summed E-state index contributed by atoms with van der Waals surface area (Å²) in [6.07, 6.45) is 1.97. The van der Waals surface area contributed by atoms with Crippen molar-refractivity contribution in [3.63, 3.8) is 0 Å². The summed E-state index contributed by atoms with van der Waals surface area (Å²) in [7, 11) is -0.813. The SMILES string of the molecule is CCS(=O)CCNC(=O)C1CCCN1Cc1ccccc1. The molecule has 1 aromatic rings. The molecule has 5 heteroatoms. The van der Waals surface area contributed by atoms with E-state index >= 15 is 0 Å². The molecule has 2 unspecified atom stereocenters. The van der Waals surface area contributed by atoms with Gasteiger partial charge in [0, 0.05) is 35.4 Å². The minimum Gasteiger partial charge on any atom is -0.354 e. The molecule has 0 spiro atoms. The fraction of sp³-hybridized carbons (Fsp3) is 0.562. The summed E-state index contributed by atoms with van der Waals surface area (Å²) in [4.78, 5) is 14.5. The van der Waals surface area contributed by atoms with Crippen LogP contribution in [0.5, 0.6) is 0 Å². The van der Waals surface area contributed by atoms with E-state index in [0.29, 0.717) is 18.1 Å². The molecule has 21 heavy (non-hydrogen) atoms. The van der Waals surface area contributed by atoms with Crippen molar-refractivity contribution >= 4 is 16.7 Å². The topological polar surface area (TPSA) is 49.4 Å². The van der Waals surface area contributed by atoms with Gasteiger partial charge in [-0.25, -0.2) is 0 Å². The molecule has 2 rings (SSSR count). The van der Waals surface area contributed by atoms with Crippen LogP contribution < -0.4 is 5.32 Å². The number of rotatable bonds is 7. The molecule has 0 bridgehead atoms. The summed E-state index contributed by atoms with van der Waals surface area (Å²) in [5.41, 5.74) is 1.24. The average Bonchev–Trinajstić information content (AvgIpc) is 2.96. The van der Waals surface area contributed by atoms with Crippen LogP contribution in [-0.4, -0.2) is 45.7 Å². The van der Waals surface area contributed by atoms with E-state index in [1.807, 2.05) is 25.1 Å². The van der Waals surface area contributed by atoms with Crippen LogP contribution in [0.2, 0.25) is 0 Å². The Morgan fingerprint density at radius 3 is 2.86 bits per heavy atom. The number of carbonyl (C=O) groups excluding carboxylic acids is 1. The van der Waals surface area contributed by atoms with Gasteiger partial charge in [-0.15, -0.1) is 0 Å². The Hall–Kier alpha value is -1.20. The molecule has 1 fully saturated rings. The van der Waals surface area contributed by atoms with E-state index in [4.69, 9.17) is 0 Å². The molecule has 116 valence electrons. The van der Waals surface area contributed by atoms with E-state index in [1.54, 1.807) is 0 Å². The van der Waals surface area contributed by atoms with E-state index in [2.05, 4.69) is 22.3 Å². The molecular weight excluding hydrogens is 284 g/mol. The second-order valence-corrected chi connectivity index (χ2v) is 7.20. The third-order valence-corrected chi connectivity index (χ3v) is 5.15. The highest BCUT2D eigenvalue weighted by molar-refractivity contribution is 7.84. The first-order valence-corrected chi connectivity index (χ1v) is 9.10. The van der Waals surface area contributed by atoms with Crippen molar-refractivity contribution in [1.29, 1.82) is 0 Å². The molecule has 1 heterocycles. The second kappa shape index (κ2) is 8.29. The largest absolute Gasteiger partial charge is 0.354 e. The molecule has 1 amide bonds. The van der Waals surface area contributed by atoms with Gasteiger partial charge in [0.05, 0.1) is 6.04 Å². The number of hydrogen-bond donors (Lipinski definition) is 1. The van der Waals surface area contributed by atoms with Crippen LogP contribution in [-0.2, 0) is 22.1 Å². The maximum Gasteiger partial charge on any atom is 0.237 e. The summed E-state index contributed by atoms with van der Waals surface area (Å²) in [6.45, 7) is 4.19. The molecule has 1 aliphatic rings. The van der Waals surface area contributed by atoms with Gasteiger partial charge in [0.25, 0.3) is 0 Å². The Kier molecular flexibility index (Phi) is 6.39. The first-order valence-electron chi connectivity index (χ1n) is 7.61. The van der Waals surface area contributed by atoms with Crippen LogP contribution in [0.15, 0.2) is 30.3 Å². The highest BCUT2D eigenvalue weighted by Crippen LogP contribution is 2.20. The number of hydrogen-bond acceptors (Lipinski definition) is 3. The van der Waals surface area contributed by atoms with Gasteiger partial charge in [-0.05, 0) is 24.9 Å². The number of benzene rings is 1. The predicted molar refractivity (Wildman–Crippen MR) is 86.4 cm³/mol. The van der Waals surface area contributed by atoms with Gasteiger partial charge in [0.1, 0.15) is 0 Å². The Morgan fingerprint density at radius 1 is 1.38 bits per heavy atom. The van der Waals surface area contributed by atoms with Gasteiger partial charge in [0.2, 0.25) is 5.91 Å². The molecule has 2 atom stereocenters. The predicted octanol–water partition coefficient (Wildman–Crippen LogP) is 1.54. The van der Waals surface area contributed by atoms with E-state index in [0.717, 1.165) is 25.9 Å². The normalized spacial score (nSPS) is 20.3. The third-order valence-electron chi connectivity index (χ3n) is 3.85. The standard InChI is InChI=1S/C16H24N2O2S/c1-2-21(20)12-10-17-16(19)15-9-6-11-18(15)13-14-7-4-3-5-8-14/h3-5,7-8,15H,2,6,9-13H2,1H3,(H,17,19). The molecule has 4 nitrogen and oxygen atoms in total. The average molecular weight is 308 g/mol. The lowest BCUT2D eigenvalue weighted by molar-refractivity contribution is -0.125. The molecule has 1 saturated heterocycles. The zero-order valence-electron chi connectivity index (χ0n) is 12.6. The smallest absolute Gasteiger partial charge is 0.237 e. The number of nitrogens with one attached hydrogen (secondary N) is 1. The number of likely N-dealkylation sites (tertiary alicyclic amines) is 1. The van der Waals surface area contributed by atoms with Crippen molar-refractivity contribution in [2.45, 2.75) is 32.4 Å². The first kappa shape index (κ1) is 16.2. The Morgan fingerprint density at radius 2 is 2.14 bits per heavy atom. The van der Waals surface area contributed by atoms with Gasteiger partial charge in [-0.2, -0.15) is 0 Å². The minimum absolute atomic E-state index is 0.0414. The zero-order valence-corrected chi connectivity index (χ0v) is 13.4. The Labute approximate surface area is 129 Å². The highest BCUT2D eigenvalue weighted by atomic mass is 32.2. The van der Waals surface area contributed by atoms with Crippen LogP contribution in [0.25, 0.3) is 0 Å². The summed E-state index contributed by atoms with van der Waals surface area (Å²) < 4.78 is 11.4. The molecular formula is C16H24N2O2S. The number of carbonyl (C=O) groups is 1. The van der Waals surface area contributed by atoms with Gasteiger partial charge < -0.3 is 5.32 Å². The first-order chi connectivity index (χ1) is 10.2. The molecule has 0 aromatic heterocycles. The van der Waals surface area contributed by atoms with Gasteiger partial charge in [-0.1, -0.05) is 37.3 Å². The van der Waals surface area contributed by atoms with Gasteiger partial charge >= 0.3 is 0 Å². The lowest BCUT2D eigenvalue weighted by Gasteiger charge is -2.23. The van der Waals surface area contributed by atoms with E-state index in [-0.39, 0.29) is 11.9 Å².